The molecule has 0 aromatic rings. The molecule has 0 bridgehead atoms. The van der Waals surface area contributed by atoms with Gasteiger partial charge in [-0.25, -0.2) is 0 Å². The lowest BCUT2D eigenvalue weighted by atomic mass is 10.0. The monoisotopic (exact) mass is 229 g/mol. The van der Waals surface area contributed by atoms with E-state index in [1.165, 1.54) is 0 Å². The minimum Gasteiger partial charge on any atom is -0.338 e. The van der Waals surface area contributed by atoms with Crippen LogP contribution in [0.4, 0.5) is 0 Å². The molecule has 4 unspecified atom stereocenters. The van der Waals surface area contributed by atoms with Crippen molar-refractivity contribution in [2.75, 3.05) is 6.54 Å². The van der Waals surface area contributed by atoms with Gasteiger partial charge in [0.15, 0.2) is 0 Å². The first-order chi connectivity index (χ1) is 7.15. The van der Waals surface area contributed by atoms with Crippen molar-refractivity contribution in [3.63, 3.8) is 0 Å². The van der Waals surface area contributed by atoms with E-state index in [2.05, 4.69) is 13.8 Å². The molecule has 0 spiro atoms. The fourth-order valence-corrected chi connectivity index (χ4v) is 2.91. The van der Waals surface area contributed by atoms with Crippen LogP contribution >= 0.6 is 11.6 Å². The van der Waals surface area contributed by atoms with Crippen molar-refractivity contribution in [2.24, 2.45) is 11.8 Å². The molecule has 2 fully saturated rings. The molecule has 1 amide bonds. The third-order valence-electron chi connectivity index (χ3n) is 3.94. The Balaban J connectivity index is 1.95. The normalized spacial score (nSPS) is 40.3. The molecular weight excluding hydrogens is 210 g/mol. The standard InChI is InChI=1S/C12H20ClNO/c1-3-9-7-10(9)12(15)14-6-4-5-11(13)8(14)2/h8-11H,3-7H2,1-2H3. The highest BCUT2D eigenvalue weighted by Gasteiger charge is 2.45. The SMILES string of the molecule is CCC1CC1C(=O)N1CCCC(Cl)C1C. The molecule has 1 aliphatic carbocycles. The molecule has 2 aliphatic rings. The number of halogens is 1. The molecular formula is C12H20ClNO. The van der Waals surface area contributed by atoms with Crippen LogP contribution in [-0.2, 0) is 4.79 Å². The van der Waals surface area contributed by atoms with E-state index in [9.17, 15) is 4.79 Å². The minimum atomic E-state index is 0.154. The molecule has 0 aromatic carbocycles. The van der Waals surface area contributed by atoms with Crippen LogP contribution in [0.2, 0.25) is 0 Å². The summed E-state index contributed by atoms with van der Waals surface area (Å²) in [6.07, 6.45) is 4.36. The second-order valence-corrected chi connectivity index (χ2v) is 5.50. The molecule has 1 heterocycles. The molecule has 0 radical (unpaired) electrons. The van der Waals surface area contributed by atoms with Crippen LogP contribution in [0, 0.1) is 11.8 Å². The van der Waals surface area contributed by atoms with Crippen molar-refractivity contribution in [3.05, 3.63) is 0 Å². The Morgan fingerprint density at radius 3 is 2.87 bits per heavy atom. The Morgan fingerprint density at radius 2 is 2.27 bits per heavy atom. The van der Waals surface area contributed by atoms with Crippen molar-refractivity contribution in [3.8, 4) is 0 Å². The van der Waals surface area contributed by atoms with Crippen LogP contribution in [0.5, 0.6) is 0 Å². The summed E-state index contributed by atoms with van der Waals surface area (Å²) in [4.78, 5) is 14.2. The Morgan fingerprint density at radius 1 is 1.53 bits per heavy atom. The molecule has 3 heteroatoms. The van der Waals surface area contributed by atoms with Gasteiger partial charge >= 0.3 is 0 Å². The van der Waals surface area contributed by atoms with Gasteiger partial charge in [-0.05, 0) is 32.1 Å². The zero-order valence-electron chi connectivity index (χ0n) is 9.58. The number of hydrogen-bond acceptors (Lipinski definition) is 1. The number of carbonyl (C=O) groups excluding carboxylic acids is 1. The zero-order valence-corrected chi connectivity index (χ0v) is 10.3. The fraction of sp³-hybridized carbons (Fsp3) is 0.917. The largest absolute Gasteiger partial charge is 0.338 e. The topological polar surface area (TPSA) is 20.3 Å². The Bertz CT molecular complexity index is 256. The molecule has 2 nitrogen and oxygen atoms in total. The number of alkyl halides is 1. The van der Waals surface area contributed by atoms with Gasteiger partial charge in [0, 0.05) is 18.5 Å². The van der Waals surface area contributed by atoms with E-state index in [1.54, 1.807) is 0 Å². The lowest BCUT2D eigenvalue weighted by Crippen LogP contribution is -2.48. The third kappa shape index (κ3) is 2.15. The minimum absolute atomic E-state index is 0.154. The summed E-state index contributed by atoms with van der Waals surface area (Å²) in [5.41, 5.74) is 0. The van der Waals surface area contributed by atoms with E-state index < -0.39 is 0 Å². The van der Waals surface area contributed by atoms with Crippen LogP contribution in [-0.4, -0.2) is 28.8 Å². The number of piperidine rings is 1. The second-order valence-electron chi connectivity index (χ2n) is 4.94. The number of rotatable bonds is 2. The molecule has 0 N–H and O–H groups in total. The van der Waals surface area contributed by atoms with Gasteiger partial charge in [0.05, 0.1) is 5.38 Å². The summed E-state index contributed by atoms with van der Waals surface area (Å²) >= 11 is 6.21. The Labute approximate surface area is 97.0 Å². The summed E-state index contributed by atoms with van der Waals surface area (Å²) in [6.45, 7) is 5.16. The van der Waals surface area contributed by atoms with Gasteiger partial charge in [0.2, 0.25) is 5.91 Å². The second kappa shape index (κ2) is 4.32. The van der Waals surface area contributed by atoms with Crippen molar-refractivity contribution < 1.29 is 4.79 Å². The molecule has 4 atom stereocenters. The van der Waals surface area contributed by atoms with E-state index >= 15 is 0 Å². The zero-order chi connectivity index (χ0) is 11.0. The van der Waals surface area contributed by atoms with Gasteiger partial charge in [0.25, 0.3) is 0 Å². The van der Waals surface area contributed by atoms with Gasteiger partial charge in [-0.1, -0.05) is 13.3 Å². The lowest BCUT2D eigenvalue weighted by Gasteiger charge is -2.37. The number of carbonyl (C=O) groups is 1. The highest BCUT2D eigenvalue weighted by Crippen LogP contribution is 2.43. The molecule has 1 saturated heterocycles. The lowest BCUT2D eigenvalue weighted by molar-refractivity contribution is -0.136. The first-order valence-corrected chi connectivity index (χ1v) is 6.53. The smallest absolute Gasteiger partial charge is 0.226 e. The summed E-state index contributed by atoms with van der Waals surface area (Å²) in [6, 6.07) is 0.228. The van der Waals surface area contributed by atoms with E-state index in [4.69, 9.17) is 11.6 Å². The van der Waals surface area contributed by atoms with Gasteiger partial charge in [-0.2, -0.15) is 0 Å². The highest BCUT2D eigenvalue weighted by atomic mass is 35.5. The van der Waals surface area contributed by atoms with Gasteiger partial charge in [-0.15, -0.1) is 11.6 Å². The van der Waals surface area contributed by atoms with Gasteiger partial charge < -0.3 is 4.90 Å². The first-order valence-electron chi connectivity index (χ1n) is 6.09. The quantitative estimate of drug-likeness (QED) is 0.667. The molecule has 15 heavy (non-hydrogen) atoms. The van der Waals surface area contributed by atoms with Crippen molar-refractivity contribution in [2.45, 2.75) is 50.9 Å². The highest BCUT2D eigenvalue weighted by molar-refractivity contribution is 6.21. The summed E-state index contributed by atoms with van der Waals surface area (Å²) in [7, 11) is 0. The van der Waals surface area contributed by atoms with Gasteiger partial charge in [0.1, 0.15) is 0 Å². The first kappa shape index (κ1) is 11.3. The Hall–Kier alpha value is -0.240. The van der Waals surface area contributed by atoms with E-state index in [-0.39, 0.29) is 11.4 Å². The molecule has 1 saturated carbocycles. The number of nitrogens with zero attached hydrogens (tertiary/aromatic N) is 1. The number of likely N-dealkylation sites (tertiary alicyclic amines) is 1. The van der Waals surface area contributed by atoms with Crippen LogP contribution in [0.1, 0.15) is 39.5 Å². The summed E-state index contributed by atoms with van der Waals surface area (Å²) in [5, 5.41) is 0.154. The van der Waals surface area contributed by atoms with E-state index in [0.29, 0.717) is 17.7 Å². The van der Waals surface area contributed by atoms with E-state index in [0.717, 1.165) is 32.2 Å². The molecule has 0 aromatic heterocycles. The summed E-state index contributed by atoms with van der Waals surface area (Å²) in [5.74, 6) is 1.33. The van der Waals surface area contributed by atoms with Crippen LogP contribution in [0.25, 0.3) is 0 Å². The summed E-state index contributed by atoms with van der Waals surface area (Å²) < 4.78 is 0. The Kier molecular flexibility index (Phi) is 3.24. The predicted octanol–water partition coefficient (Wildman–Crippen LogP) is 2.65. The van der Waals surface area contributed by atoms with Crippen molar-refractivity contribution in [1.82, 2.24) is 4.90 Å². The predicted molar refractivity (Wildman–Crippen MR) is 61.9 cm³/mol. The van der Waals surface area contributed by atoms with Crippen LogP contribution in [0.3, 0.4) is 0 Å². The maximum absolute atomic E-state index is 12.2. The maximum Gasteiger partial charge on any atom is 0.226 e. The van der Waals surface area contributed by atoms with Crippen LogP contribution in [0.15, 0.2) is 0 Å². The number of amides is 1. The average molecular weight is 230 g/mol. The average Bonchev–Trinajstić information content (AvgIpc) is 3.00. The van der Waals surface area contributed by atoms with Crippen LogP contribution < -0.4 is 0 Å². The molecule has 2 rings (SSSR count). The molecule has 1 aliphatic heterocycles. The van der Waals surface area contributed by atoms with Gasteiger partial charge in [-0.3, -0.25) is 4.79 Å². The molecule has 86 valence electrons. The maximum atomic E-state index is 12.2. The van der Waals surface area contributed by atoms with E-state index in [1.807, 2.05) is 4.90 Å². The number of hydrogen-bond donors (Lipinski definition) is 0. The third-order valence-corrected chi connectivity index (χ3v) is 4.52. The van der Waals surface area contributed by atoms with Crippen molar-refractivity contribution in [1.29, 1.82) is 0 Å². The van der Waals surface area contributed by atoms with Crippen molar-refractivity contribution >= 4 is 17.5 Å². The fourth-order valence-electron chi connectivity index (χ4n) is 2.62.